The maximum absolute atomic E-state index is 15.8. The van der Waals surface area contributed by atoms with E-state index in [1.165, 1.54) is 0 Å². The number of rotatable bonds is 5. The summed E-state index contributed by atoms with van der Waals surface area (Å²) < 4.78 is 32.9. The van der Waals surface area contributed by atoms with Crippen LogP contribution >= 0.6 is 14.4 Å². The van der Waals surface area contributed by atoms with E-state index in [0.29, 0.717) is 13.1 Å². The van der Waals surface area contributed by atoms with Crippen molar-refractivity contribution >= 4 is 52.7 Å². The van der Waals surface area contributed by atoms with Crippen molar-refractivity contribution in [2.45, 2.75) is 20.8 Å². The average Bonchev–Trinajstić information content (AvgIpc) is 3.02. The summed E-state index contributed by atoms with van der Waals surface area (Å²) in [5.41, 5.74) is 7.87. The Morgan fingerprint density at radius 2 is 1.10 bits per heavy atom. The van der Waals surface area contributed by atoms with Gasteiger partial charge in [-0.3, -0.25) is 4.57 Å². The van der Waals surface area contributed by atoms with Gasteiger partial charge < -0.3 is 9.46 Å². The number of hydrogen-bond donors (Lipinski definition) is 0. The minimum absolute atomic E-state index is 0.645. The van der Waals surface area contributed by atoms with Gasteiger partial charge in [-0.1, -0.05) is 86.6 Å². The topological polar surface area (TPSA) is 40.6 Å². The minimum Gasteiger partial charge on any atom is -0.314 e. The maximum Gasteiger partial charge on any atom is 0.211 e. The maximum atomic E-state index is 15.8. The van der Waals surface area contributed by atoms with Gasteiger partial charge in [0.05, 0.1) is 27.7 Å². The van der Waals surface area contributed by atoms with Gasteiger partial charge in [0.25, 0.3) is 0 Å². The van der Waals surface area contributed by atoms with Gasteiger partial charge >= 0.3 is 0 Å². The number of nitrogens with zero attached hydrogens (tertiary/aromatic N) is 2. The Bertz CT molecular complexity index is 1950. The first-order valence-electron chi connectivity index (χ1n) is 14.6. The van der Waals surface area contributed by atoms with E-state index in [-0.39, 0.29) is 0 Å². The Kier molecular flexibility index (Phi) is 6.44. The van der Waals surface area contributed by atoms with Crippen molar-refractivity contribution in [3.05, 3.63) is 115 Å². The molecule has 2 aliphatic rings. The van der Waals surface area contributed by atoms with Gasteiger partial charge in [-0.15, -0.1) is 0 Å². The van der Waals surface area contributed by atoms with E-state index in [4.69, 9.17) is 0 Å². The monoisotopic (exact) mass is 588 g/mol. The molecule has 0 fully saturated rings. The number of benzene rings is 5. The summed E-state index contributed by atoms with van der Waals surface area (Å²) in [5, 5.41) is 3.26. The molecule has 42 heavy (non-hydrogen) atoms. The van der Waals surface area contributed by atoms with Crippen LogP contribution in [0.3, 0.4) is 0 Å². The van der Waals surface area contributed by atoms with Crippen LogP contribution in [0, 0.1) is 6.92 Å². The molecule has 0 radical (unpaired) electrons. The van der Waals surface area contributed by atoms with Crippen LogP contribution in [0.25, 0.3) is 22.3 Å². The molecule has 2 atom stereocenters. The summed E-state index contributed by atoms with van der Waals surface area (Å²) in [6.45, 7) is 9.34. The van der Waals surface area contributed by atoms with E-state index in [1.54, 1.807) is 0 Å². The molecule has 4 nitrogen and oxygen atoms in total. The molecule has 6 heteroatoms. The lowest BCUT2D eigenvalue weighted by Gasteiger charge is -2.46. The molecule has 5 aromatic carbocycles. The molecule has 0 saturated heterocycles. The van der Waals surface area contributed by atoms with Crippen LogP contribution in [0.4, 0.5) is 17.1 Å². The zero-order valence-electron chi connectivity index (χ0n) is 24.4. The molecule has 0 spiro atoms. The number of fused-ring (bicyclic) bond motifs is 4. The van der Waals surface area contributed by atoms with Gasteiger partial charge in [-0.2, -0.15) is 0 Å². The highest BCUT2D eigenvalue weighted by atomic mass is 31.2. The Morgan fingerprint density at radius 1 is 0.595 bits per heavy atom. The average molecular weight is 589 g/mol. The van der Waals surface area contributed by atoms with Gasteiger partial charge in [0.1, 0.15) is 7.14 Å². The van der Waals surface area contributed by atoms with E-state index in [1.807, 2.05) is 50.0 Å². The predicted molar refractivity (Wildman–Crippen MR) is 179 cm³/mol. The summed E-state index contributed by atoms with van der Waals surface area (Å²) in [4.78, 5) is 2.23. The predicted octanol–water partition coefficient (Wildman–Crippen LogP) is 7.94. The second kappa shape index (κ2) is 9.96. The molecule has 2 unspecified atom stereocenters. The molecule has 0 saturated carbocycles. The summed E-state index contributed by atoms with van der Waals surface area (Å²) in [6, 6.07) is 37.3. The van der Waals surface area contributed by atoms with E-state index < -0.39 is 14.4 Å². The molecule has 2 heterocycles. The van der Waals surface area contributed by atoms with Crippen LogP contribution in [-0.4, -0.2) is 24.4 Å². The first-order valence-corrected chi connectivity index (χ1v) is 18.4. The quantitative estimate of drug-likeness (QED) is 0.196. The zero-order valence-corrected chi connectivity index (χ0v) is 26.2. The second-order valence-electron chi connectivity index (χ2n) is 11.3. The van der Waals surface area contributed by atoms with Gasteiger partial charge in [-0.25, -0.2) is 4.67 Å². The third-order valence-electron chi connectivity index (χ3n) is 8.79. The van der Waals surface area contributed by atoms with E-state index in [0.717, 1.165) is 66.1 Å². The Labute approximate surface area is 248 Å². The zero-order chi connectivity index (χ0) is 29.2. The fraction of sp³-hybridized carbons (Fsp3) is 0.167. The Hall–Kier alpha value is -3.68. The SMILES string of the molecule is CCN(CC)P1(=O)c2cc(-c3ccccc3)ccc2N2c3ccc(-c4ccccc4)cc3P(C)(=O)c3cc(C)cc1c32. The fourth-order valence-electron chi connectivity index (χ4n) is 6.71. The van der Waals surface area contributed by atoms with E-state index >= 15 is 4.57 Å². The van der Waals surface area contributed by atoms with Gasteiger partial charge in [-0.05, 0) is 77.8 Å². The number of aryl methyl sites for hydroxylation is 1. The van der Waals surface area contributed by atoms with Crippen molar-refractivity contribution in [2.75, 3.05) is 24.7 Å². The molecule has 2 aliphatic heterocycles. The van der Waals surface area contributed by atoms with Gasteiger partial charge in [0.2, 0.25) is 7.29 Å². The lowest BCUT2D eigenvalue weighted by atomic mass is 10.0. The lowest BCUT2D eigenvalue weighted by Crippen LogP contribution is -2.46. The molecule has 0 aliphatic carbocycles. The molecular weight excluding hydrogens is 554 g/mol. The number of anilines is 3. The van der Waals surface area contributed by atoms with Crippen LogP contribution in [0.2, 0.25) is 0 Å². The highest BCUT2D eigenvalue weighted by molar-refractivity contribution is 7.80. The van der Waals surface area contributed by atoms with Crippen LogP contribution in [0.5, 0.6) is 0 Å². The summed E-state index contributed by atoms with van der Waals surface area (Å²) in [5.74, 6) is 0. The summed E-state index contributed by atoms with van der Waals surface area (Å²) >= 11 is 0. The molecule has 0 aromatic heterocycles. The highest BCUT2D eigenvalue weighted by Crippen LogP contribution is 2.61. The molecule has 0 amide bonds. The largest absolute Gasteiger partial charge is 0.314 e. The second-order valence-corrected chi connectivity index (χ2v) is 16.8. The van der Waals surface area contributed by atoms with Crippen molar-refractivity contribution in [1.82, 2.24) is 4.67 Å². The standard InChI is InChI=1S/C36H34N2O2P2/c1-5-37(6-2)42(40)33-24-29(27-15-11-8-12-16-27)18-20-31(33)38-30-19-17-28(26-13-9-7-10-14-26)23-32(30)41(4,39)34-21-25(3)22-35(42)36(34)38/h7-24H,5-6H2,1-4H3. The van der Waals surface area contributed by atoms with Crippen LogP contribution in [0.1, 0.15) is 19.4 Å². The fourth-order valence-corrected chi connectivity index (χ4v) is 12.5. The smallest absolute Gasteiger partial charge is 0.211 e. The van der Waals surface area contributed by atoms with Crippen molar-refractivity contribution in [3.8, 4) is 22.3 Å². The van der Waals surface area contributed by atoms with Crippen molar-refractivity contribution in [1.29, 1.82) is 0 Å². The van der Waals surface area contributed by atoms with E-state index in [9.17, 15) is 4.57 Å². The van der Waals surface area contributed by atoms with Crippen molar-refractivity contribution in [3.63, 3.8) is 0 Å². The van der Waals surface area contributed by atoms with Crippen LogP contribution < -0.4 is 26.1 Å². The van der Waals surface area contributed by atoms with Crippen LogP contribution in [0.15, 0.2) is 109 Å². The summed E-state index contributed by atoms with van der Waals surface area (Å²) in [7, 11) is -6.32. The Balaban J connectivity index is 1.57. The molecule has 0 bridgehead atoms. The normalized spacial score (nSPS) is 20.2. The lowest BCUT2D eigenvalue weighted by molar-refractivity contribution is 0.458. The molecule has 0 N–H and O–H groups in total. The molecule has 5 aromatic rings. The number of hydrogen-bond acceptors (Lipinski definition) is 3. The molecule has 210 valence electrons. The third-order valence-corrected chi connectivity index (χ3v) is 14.7. The van der Waals surface area contributed by atoms with Gasteiger partial charge in [0, 0.05) is 23.7 Å². The van der Waals surface area contributed by atoms with Crippen LogP contribution in [-0.2, 0) is 9.13 Å². The Morgan fingerprint density at radius 3 is 1.64 bits per heavy atom. The first-order chi connectivity index (χ1) is 20.3. The van der Waals surface area contributed by atoms with E-state index in [2.05, 4.69) is 96.2 Å². The first kappa shape index (κ1) is 27.2. The van der Waals surface area contributed by atoms with Crippen molar-refractivity contribution in [2.24, 2.45) is 0 Å². The minimum atomic E-state index is -3.28. The van der Waals surface area contributed by atoms with Gasteiger partial charge in [0.15, 0.2) is 0 Å². The molecular formula is C36H34N2O2P2. The third kappa shape index (κ3) is 3.86. The molecule has 7 rings (SSSR count). The van der Waals surface area contributed by atoms with Crippen molar-refractivity contribution < 1.29 is 9.13 Å². The summed E-state index contributed by atoms with van der Waals surface area (Å²) in [6.07, 6.45) is 0. The highest BCUT2D eigenvalue weighted by Gasteiger charge is 2.49.